The van der Waals surface area contributed by atoms with Gasteiger partial charge in [-0.1, -0.05) is 0 Å². The van der Waals surface area contributed by atoms with Crippen LogP contribution >= 0.6 is 11.3 Å². The lowest BCUT2D eigenvalue weighted by Gasteiger charge is -2.12. The van der Waals surface area contributed by atoms with Crippen molar-refractivity contribution in [3.8, 4) is 16.2 Å². The van der Waals surface area contributed by atoms with E-state index in [1.54, 1.807) is 25.5 Å². The highest BCUT2D eigenvalue weighted by Crippen LogP contribution is 2.31. The van der Waals surface area contributed by atoms with E-state index in [9.17, 15) is 9.90 Å². The van der Waals surface area contributed by atoms with Crippen molar-refractivity contribution in [2.24, 2.45) is 0 Å². The second kappa shape index (κ2) is 8.60. The van der Waals surface area contributed by atoms with Crippen LogP contribution in [0.2, 0.25) is 0 Å². The van der Waals surface area contributed by atoms with Crippen molar-refractivity contribution in [1.29, 1.82) is 0 Å². The summed E-state index contributed by atoms with van der Waals surface area (Å²) in [6.45, 7) is 0.467. The third-order valence-electron chi connectivity index (χ3n) is 4.42. The number of fused-ring (bicyclic) bond motifs is 1. The van der Waals surface area contributed by atoms with Gasteiger partial charge in [-0.15, -0.1) is 11.3 Å². The summed E-state index contributed by atoms with van der Waals surface area (Å²) in [6, 6.07) is 13.1. The van der Waals surface area contributed by atoms with Gasteiger partial charge in [0.25, 0.3) is 5.56 Å². The quantitative estimate of drug-likeness (QED) is 0.478. The highest BCUT2D eigenvalue weighted by atomic mass is 32.1. The van der Waals surface area contributed by atoms with Crippen LogP contribution in [0.15, 0.2) is 64.3 Å². The number of benzene rings is 1. The molecule has 150 valence electrons. The van der Waals surface area contributed by atoms with E-state index in [0.717, 1.165) is 16.2 Å². The highest BCUT2D eigenvalue weighted by Gasteiger charge is 2.13. The monoisotopic (exact) mass is 412 g/mol. The molecule has 1 unspecified atom stereocenters. The number of furan rings is 1. The predicted octanol–water partition coefficient (Wildman–Crippen LogP) is 3.30. The van der Waals surface area contributed by atoms with Crippen LogP contribution in [0.5, 0.6) is 5.75 Å². The molecule has 3 heterocycles. The lowest BCUT2D eigenvalue weighted by molar-refractivity contribution is 0.0142. The highest BCUT2D eigenvalue weighted by molar-refractivity contribution is 7.22. The molecular formula is C21H20N2O5S. The molecule has 0 fully saturated rings. The molecule has 0 saturated carbocycles. The maximum Gasteiger partial charge on any atom is 0.271 e. The first-order valence-corrected chi connectivity index (χ1v) is 9.87. The molecule has 0 saturated heterocycles. The van der Waals surface area contributed by atoms with E-state index in [2.05, 4.69) is 4.98 Å². The number of aliphatic hydroxyl groups is 1. The Hall–Kier alpha value is -2.94. The van der Waals surface area contributed by atoms with Crippen molar-refractivity contribution in [2.75, 3.05) is 13.7 Å². The van der Waals surface area contributed by atoms with E-state index in [-0.39, 0.29) is 25.3 Å². The third kappa shape index (κ3) is 4.40. The smallest absolute Gasteiger partial charge is 0.271 e. The van der Waals surface area contributed by atoms with Gasteiger partial charge < -0.3 is 19.0 Å². The molecular weight excluding hydrogens is 392 g/mol. The SMILES string of the molecule is COc1ccc(-c2cc3ncn(CC(O)COCc4ccco4)c(=O)c3s2)cc1. The zero-order valence-electron chi connectivity index (χ0n) is 15.8. The Bertz CT molecular complexity index is 1130. The molecule has 1 atom stereocenters. The Kier molecular flexibility index (Phi) is 5.75. The van der Waals surface area contributed by atoms with Gasteiger partial charge in [0.1, 0.15) is 22.8 Å². The molecule has 8 heteroatoms. The van der Waals surface area contributed by atoms with Gasteiger partial charge in [-0.3, -0.25) is 9.36 Å². The summed E-state index contributed by atoms with van der Waals surface area (Å²) in [5.41, 5.74) is 1.46. The molecule has 0 aliphatic rings. The zero-order valence-corrected chi connectivity index (χ0v) is 16.6. The van der Waals surface area contributed by atoms with Gasteiger partial charge in [0.2, 0.25) is 0 Å². The van der Waals surface area contributed by atoms with Crippen LogP contribution < -0.4 is 10.3 Å². The molecule has 1 N–H and O–H groups in total. The van der Waals surface area contributed by atoms with Gasteiger partial charge in [0.15, 0.2) is 0 Å². The summed E-state index contributed by atoms with van der Waals surface area (Å²) in [7, 11) is 1.62. The Morgan fingerprint density at radius 1 is 1.28 bits per heavy atom. The van der Waals surface area contributed by atoms with Crippen LogP contribution in [0.3, 0.4) is 0 Å². The van der Waals surface area contributed by atoms with Crippen LogP contribution in [0.4, 0.5) is 0 Å². The number of rotatable bonds is 8. The first kappa shape index (κ1) is 19.4. The average Bonchev–Trinajstić information content (AvgIpc) is 3.40. The lowest BCUT2D eigenvalue weighted by atomic mass is 10.2. The number of aliphatic hydroxyl groups excluding tert-OH is 1. The molecule has 4 rings (SSSR count). The molecule has 29 heavy (non-hydrogen) atoms. The molecule has 7 nitrogen and oxygen atoms in total. The molecule has 0 aliphatic carbocycles. The van der Waals surface area contributed by atoms with Crippen LogP contribution in [-0.4, -0.2) is 34.5 Å². The molecule has 0 aliphatic heterocycles. The van der Waals surface area contributed by atoms with Crippen molar-refractivity contribution < 1.29 is 19.0 Å². The second-order valence-electron chi connectivity index (χ2n) is 6.50. The summed E-state index contributed by atoms with van der Waals surface area (Å²) in [5, 5.41) is 10.2. The van der Waals surface area contributed by atoms with Crippen LogP contribution in [-0.2, 0) is 17.9 Å². The number of hydrogen-bond donors (Lipinski definition) is 1. The summed E-state index contributed by atoms with van der Waals surface area (Å²) >= 11 is 1.39. The maximum absolute atomic E-state index is 12.8. The topological polar surface area (TPSA) is 86.7 Å². The van der Waals surface area contributed by atoms with E-state index in [1.165, 1.54) is 22.2 Å². The third-order valence-corrected chi connectivity index (χ3v) is 5.58. The Balaban J connectivity index is 1.47. The number of nitrogens with zero attached hydrogens (tertiary/aromatic N) is 2. The maximum atomic E-state index is 12.8. The normalized spacial score (nSPS) is 12.3. The summed E-state index contributed by atoms with van der Waals surface area (Å²) < 4.78 is 17.8. The minimum Gasteiger partial charge on any atom is -0.497 e. The first-order chi connectivity index (χ1) is 14.1. The van der Waals surface area contributed by atoms with Gasteiger partial charge in [-0.05, 0) is 48.0 Å². The molecule has 0 radical (unpaired) electrons. The molecule has 0 spiro atoms. The Morgan fingerprint density at radius 2 is 2.10 bits per heavy atom. The molecule has 0 bridgehead atoms. The van der Waals surface area contributed by atoms with E-state index >= 15 is 0 Å². The first-order valence-electron chi connectivity index (χ1n) is 9.05. The predicted molar refractivity (Wildman–Crippen MR) is 110 cm³/mol. The fraction of sp³-hybridized carbons (Fsp3) is 0.238. The standard InChI is InChI=1S/C21H20N2O5S/c1-26-16-6-4-14(5-7-16)19-9-18-20(29-19)21(25)23(13-22-18)10-15(24)11-27-12-17-3-2-8-28-17/h2-9,13,15,24H,10-12H2,1H3. The zero-order chi connectivity index (χ0) is 20.2. The summed E-state index contributed by atoms with van der Waals surface area (Å²) in [6.07, 6.45) is 2.20. The van der Waals surface area contributed by atoms with Crippen LogP contribution in [0, 0.1) is 0 Å². The van der Waals surface area contributed by atoms with Crippen LogP contribution in [0.25, 0.3) is 20.7 Å². The average molecular weight is 412 g/mol. The number of ether oxygens (including phenoxy) is 2. The van der Waals surface area contributed by atoms with Gasteiger partial charge in [0.05, 0.1) is 44.5 Å². The molecule has 4 aromatic rings. The van der Waals surface area contributed by atoms with Crippen molar-refractivity contribution >= 4 is 21.6 Å². The van der Waals surface area contributed by atoms with E-state index in [4.69, 9.17) is 13.9 Å². The number of hydrogen-bond acceptors (Lipinski definition) is 7. The Labute approximate surface area is 170 Å². The fourth-order valence-corrected chi connectivity index (χ4v) is 4.01. The largest absolute Gasteiger partial charge is 0.497 e. The van der Waals surface area contributed by atoms with Gasteiger partial charge >= 0.3 is 0 Å². The lowest BCUT2D eigenvalue weighted by Crippen LogP contribution is -2.29. The molecule has 0 amide bonds. The van der Waals surface area contributed by atoms with E-state index in [1.807, 2.05) is 30.3 Å². The molecule has 1 aromatic carbocycles. The second-order valence-corrected chi connectivity index (χ2v) is 7.56. The van der Waals surface area contributed by atoms with Gasteiger partial charge in [-0.2, -0.15) is 0 Å². The molecule has 3 aromatic heterocycles. The van der Waals surface area contributed by atoms with Crippen molar-refractivity contribution in [2.45, 2.75) is 19.3 Å². The number of methoxy groups -OCH3 is 1. The van der Waals surface area contributed by atoms with Crippen LogP contribution in [0.1, 0.15) is 5.76 Å². The number of aromatic nitrogens is 2. The number of thiophene rings is 1. The minimum atomic E-state index is -0.831. The van der Waals surface area contributed by atoms with Gasteiger partial charge in [0, 0.05) is 4.88 Å². The van der Waals surface area contributed by atoms with Gasteiger partial charge in [-0.25, -0.2) is 4.98 Å². The van der Waals surface area contributed by atoms with Crippen molar-refractivity contribution in [3.63, 3.8) is 0 Å². The van der Waals surface area contributed by atoms with Crippen molar-refractivity contribution in [1.82, 2.24) is 9.55 Å². The fourth-order valence-electron chi connectivity index (χ4n) is 2.94. The van der Waals surface area contributed by atoms with E-state index < -0.39 is 6.10 Å². The van der Waals surface area contributed by atoms with E-state index in [0.29, 0.717) is 16.0 Å². The summed E-state index contributed by atoms with van der Waals surface area (Å²) in [5.74, 6) is 1.46. The summed E-state index contributed by atoms with van der Waals surface area (Å²) in [4.78, 5) is 18.1. The minimum absolute atomic E-state index is 0.0900. The van der Waals surface area contributed by atoms with Crippen molar-refractivity contribution in [3.05, 3.63) is 71.2 Å². The Morgan fingerprint density at radius 3 is 2.83 bits per heavy atom.